The molecule has 16 heavy (non-hydrogen) atoms. The summed E-state index contributed by atoms with van der Waals surface area (Å²) in [6, 6.07) is 2.49. The Morgan fingerprint density at radius 1 is 1.31 bits per heavy atom. The van der Waals surface area contributed by atoms with Crippen LogP contribution < -0.4 is 5.32 Å². The van der Waals surface area contributed by atoms with E-state index in [-0.39, 0.29) is 0 Å². The van der Waals surface area contributed by atoms with Crippen molar-refractivity contribution in [3.8, 4) is 0 Å². The highest BCUT2D eigenvalue weighted by Crippen LogP contribution is 2.35. The smallest absolute Gasteiger partial charge is 0.130 e. The summed E-state index contributed by atoms with van der Waals surface area (Å²) in [5.41, 5.74) is 0.518. The molecule has 1 aliphatic rings. The quantitative estimate of drug-likeness (QED) is 0.843. The van der Waals surface area contributed by atoms with Gasteiger partial charge < -0.3 is 5.32 Å². The Bertz CT molecular complexity index is 355. The van der Waals surface area contributed by atoms with E-state index in [0.717, 1.165) is 10.4 Å². The number of hydrogen-bond acceptors (Lipinski definition) is 3. The Morgan fingerprint density at radius 2 is 2.00 bits per heavy atom. The van der Waals surface area contributed by atoms with Gasteiger partial charge in [0.15, 0.2) is 0 Å². The van der Waals surface area contributed by atoms with Gasteiger partial charge in [-0.25, -0.2) is 9.97 Å². The highest BCUT2D eigenvalue weighted by Gasteiger charge is 2.26. The van der Waals surface area contributed by atoms with Crippen LogP contribution in [0.25, 0.3) is 0 Å². The summed E-state index contributed by atoms with van der Waals surface area (Å²) in [5, 5.41) is 3.48. The topological polar surface area (TPSA) is 37.8 Å². The molecule has 0 unspecified atom stereocenters. The molecule has 0 spiro atoms. The lowest BCUT2D eigenvalue weighted by atomic mass is 9.75. The van der Waals surface area contributed by atoms with Crippen molar-refractivity contribution in [1.82, 2.24) is 9.97 Å². The number of anilines is 1. The minimum Gasteiger partial charge on any atom is -0.367 e. The monoisotopic (exact) mass is 283 g/mol. The number of hydrogen-bond donors (Lipinski definition) is 1. The van der Waals surface area contributed by atoms with Gasteiger partial charge in [-0.05, 0) is 47.0 Å². The van der Waals surface area contributed by atoms with E-state index in [0.29, 0.717) is 11.5 Å². The molecule has 3 nitrogen and oxygen atoms in total. The lowest BCUT2D eigenvalue weighted by Crippen LogP contribution is -2.30. The average Bonchev–Trinajstić information content (AvgIpc) is 2.21. The molecular formula is C12H18BrN3. The SMILES string of the molecule is CC1(C)CCC(Nc2cc(Br)ncn2)CC1. The van der Waals surface area contributed by atoms with Crippen molar-refractivity contribution < 1.29 is 0 Å². The molecule has 1 aromatic heterocycles. The average molecular weight is 284 g/mol. The fraction of sp³-hybridized carbons (Fsp3) is 0.667. The summed E-state index contributed by atoms with van der Waals surface area (Å²) >= 11 is 3.35. The van der Waals surface area contributed by atoms with Crippen LogP contribution in [0.5, 0.6) is 0 Å². The maximum absolute atomic E-state index is 4.22. The molecule has 1 saturated carbocycles. The Balaban J connectivity index is 1.92. The van der Waals surface area contributed by atoms with Crippen LogP contribution >= 0.6 is 15.9 Å². The third-order valence-corrected chi connectivity index (χ3v) is 3.76. The number of nitrogens with one attached hydrogen (secondary N) is 1. The first-order chi connectivity index (χ1) is 7.55. The van der Waals surface area contributed by atoms with Crippen LogP contribution in [0.4, 0.5) is 5.82 Å². The molecule has 0 amide bonds. The Morgan fingerprint density at radius 3 is 2.62 bits per heavy atom. The van der Waals surface area contributed by atoms with E-state index in [1.165, 1.54) is 25.7 Å². The molecule has 0 aliphatic heterocycles. The standard InChI is InChI=1S/C12H18BrN3/c1-12(2)5-3-9(4-6-12)16-11-7-10(13)14-8-15-11/h7-9H,3-6H2,1-2H3,(H,14,15,16). The highest BCUT2D eigenvalue weighted by atomic mass is 79.9. The van der Waals surface area contributed by atoms with Crippen molar-refractivity contribution in [1.29, 1.82) is 0 Å². The molecule has 2 rings (SSSR count). The van der Waals surface area contributed by atoms with Crippen LogP contribution in [0.2, 0.25) is 0 Å². The predicted molar refractivity (Wildman–Crippen MR) is 69.4 cm³/mol. The van der Waals surface area contributed by atoms with E-state index in [1.807, 2.05) is 6.07 Å². The van der Waals surface area contributed by atoms with Crippen LogP contribution in [0.3, 0.4) is 0 Å². The fourth-order valence-corrected chi connectivity index (χ4v) is 2.47. The maximum atomic E-state index is 4.22. The zero-order chi connectivity index (χ0) is 11.6. The highest BCUT2D eigenvalue weighted by molar-refractivity contribution is 9.10. The van der Waals surface area contributed by atoms with Gasteiger partial charge in [-0.15, -0.1) is 0 Å². The van der Waals surface area contributed by atoms with Crippen LogP contribution in [0.1, 0.15) is 39.5 Å². The third-order valence-electron chi connectivity index (χ3n) is 3.32. The first-order valence-corrected chi connectivity index (χ1v) is 6.59. The molecule has 0 aromatic carbocycles. The van der Waals surface area contributed by atoms with Gasteiger partial charge >= 0.3 is 0 Å². The second-order valence-corrected chi connectivity index (χ2v) is 6.12. The molecule has 0 atom stereocenters. The van der Waals surface area contributed by atoms with Gasteiger partial charge in [0.25, 0.3) is 0 Å². The van der Waals surface area contributed by atoms with Gasteiger partial charge in [-0.1, -0.05) is 13.8 Å². The Kier molecular flexibility index (Phi) is 3.47. The summed E-state index contributed by atoms with van der Waals surface area (Å²) in [5.74, 6) is 0.923. The van der Waals surface area contributed by atoms with E-state index in [9.17, 15) is 0 Å². The largest absolute Gasteiger partial charge is 0.367 e. The van der Waals surface area contributed by atoms with Crippen molar-refractivity contribution in [2.24, 2.45) is 5.41 Å². The molecule has 0 saturated heterocycles. The second kappa shape index (κ2) is 4.70. The van der Waals surface area contributed by atoms with Crippen LogP contribution in [-0.4, -0.2) is 16.0 Å². The van der Waals surface area contributed by atoms with Crippen molar-refractivity contribution in [2.75, 3.05) is 5.32 Å². The van der Waals surface area contributed by atoms with Crippen LogP contribution in [0, 0.1) is 5.41 Å². The van der Waals surface area contributed by atoms with Crippen molar-refractivity contribution in [2.45, 2.75) is 45.6 Å². The van der Waals surface area contributed by atoms with Gasteiger partial charge in [-0.3, -0.25) is 0 Å². The first kappa shape index (κ1) is 11.8. The number of nitrogens with zero attached hydrogens (tertiary/aromatic N) is 2. The van der Waals surface area contributed by atoms with Gasteiger partial charge in [0.1, 0.15) is 16.7 Å². The molecule has 1 N–H and O–H groups in total. The summed E-state index contributed by atoms with van der Waals surface area (Å²) in [7, 11) is 0. The van der Waals surface area contributed by atoms with E-state index < -0.39 is 0 Å². The molecule has 1 fully saturated rings. The molecule has 1 aliphatic carbocycles. The van der Waals surface area contributed by atoms with Crippen molar-refractivity contribution >= 4 is 21.7 Å². The zero-order valence-corrected chi connectivity index (χ0v) is 11.4. The van der Waals surface area contributed by atoms with Crippen LogP contribution in [-0.2, 0) is 0 Å². The maximum Gasteiger partial charge on any atom is 0.130 e. The summed E-state index contributed by atoms with van der Waals surface area (Å²) in [6.07, 6.45) is 6.62. The number of rotatable bonds is 2. The van der Waals surface area contributed by atoms with Gasteiger partial charge in [0.05, 0.1) is 0 Å². The fourth-order valence-electron chi connectivity index (χ4n) is 2.17. The molecule has 88 valence electrons. The number of halogens is 1. The molecular weight excluding hydrogens is 266 g/mol. The molecule has 1 aromatic rings. The Hall–Kier alpha value is -0.640. The van der Waals surface area contributed by atoms with Crippen molar-refractivity contribution in [3.05, 3.63) is 17.0 Å². The first-order valence-electron chi connectivity index (χ1n) is 5.79. The van der Waals surface area contributed by atoms with E-state index in [2.05, 4.69) is 45.1 Å². The Labute approximate surface area is 105 Å². The van der Waals surface area contributed by atoms with Gasteiger partial charge in [0.2, 0.25) is 0 Å². The molecule has 1 heterocycles. The third kappa shape index (κ3) is 3.17. The van der Waals surface area contributed by atoms with E-state index >= 15 is 0 Å². The number of aromatic nitrogens is 2. The second-order valence-electron chi connectivity index (χ2n) is 5.31. The van der Waals surface area contributed by atoms with E-state index in [1.54, 1.807) is 6.33 Å². The molecule has 0 bridgehead atoms. The van der Waals surface area contributed by atoms with Gasteiger partial charge in [-0.2, -0.15) is 0 Å². The lowest BCUT2D eigenvalue weighted by molar-refractivity contribution is 0.232. The van der Waals surface area contributed by atoms with E-state index in [4.69, 9.17) is 0 Å². The normalized spacial score (nSPS) is 20.7. The van der Waals surface area contributed by atoms with Crippen LogP contribution in [0.15, 0.2) is 17.0 Å². The summed E-state index contributed by atoms with van der Waals surface area (Å²) < 4.78 is 0.834. The van der Waals surface area contributed by atoms with Crippen molar-refractivity contribution in [3.63, 3.8) is 0 Å². The molecule has 4 heteroatoms. The lowest BCUT2D eigenvalue weighted by Gasteiger charge is -2.34. The minimum atomic E-state index is 0.518. The molecule has 0 radical (unpaired) electrons. The van der Waals surface area contributed by atoms with Gasteiger partial charge in [0, 0.05) is 12.1 Å². The summed E-state index contributed by atoms with van der Waals surface area (Å²) in [6.45, 7) is 4.70. The minimum absolute atomic E-state index is 0.518. The predicted octanol–water partition coefficient (Wildman–Crippen LogP) is 3.62. The summed E-state index contributed by atoms with van der Waals surface area (Å²) in [4.78, 5) is 8.24. The zero-order valence-electron chi connectivity index (χ0n) is 9.83.